The number of thioether (sulfide) groups is 1. The molecule has 0 bridgehead atoms. The van der Waals surface area contributed by atoms with Gasteiger partial charge in [-0.1, -0.05) is 0 Å². The summed E-state index contributed by atoms with van der Waals surface area (Å²) >= 11 is 1.92. The van der Waals surface area contributed by atoms with E-state index in [1.807, 2.05) is 17.8 Å². The van der Waals surface area contributed by atoms with Gasteiger partial charge in [-0.3, -0.25) is 4.90 Å². The molecule has 1 fully saturated rings. The lowest BCUT2D eigenvalue weighted by molar-refractivity contribution is 0.159. The second kappa shape index (κ2) is 7.22. The zero-order valence-electron chi connectivity index (χ0n) is 11.2. The molecular formula is C14H24N2OS. The predicted molar refractivity (Wildman–Crippen MR) is 77.7 cm³/mol. The fourth-order valence-electron chi connectivity index (χ4n) is 2.43. The summed E-state index contributed by atoms with van der Waals surface area (Å²) in [5.41, 5.74) is 5.97. The van der Waals surface area contributed by atoms with Crippen molar-refractivity contribution < 1.29 is 4.42 Å². The maximum Gasteiger partial charge on any atom is 0.117 e. The third-order valence-electron chi connectivity index (χ3n) is 3.56. The van der Waals surface area contributed by atoms with Crippen molar-refractivity contribution in [2.45, 2.75) is 44.3 Å². The first kappa shape index (κ1) is 14.0. The van der Waals surface area contributed by atoms with Crippen molar-refractivity contribution in [1.82, 2.24) is 4.90 Å². The van der Waals surface area contributed by atoms with Gasteiger partial charge < -0.3 is 10.2 Å². The number of rotatable bonds is 9. The summed E-state index contributed by atoms with van der Waals surface area (Å²) in [6.45, 7) is 1.67. The van der Waals surface area contributed by atoms with Gasteiger partial charge in [-0.2, -0.15) is 11.8 Å². The average molecular weight is 268 g/mol. The van der Waals surface area contributed by atoms with Crippen LogP contribution in [0.4, 0.5) is 0 Å². The smallest absolute Gasteiger partial charge is 0.117 e. The Kier molecular flexibility index (Phi) is 5.60. The van der Waals surface area contributed by atoms with Crippen LogP contribution in [0.3, 0.4) is 0 Å². The molecule has 1 aliphatic rings. The first-order valence-corrected chi connectivity index (χ1v) is 8.21. The van der Waals surface area contributed by atoms with Crippen LogP contribution in [0, 0.1) is 0 Å². The molecule has 2 rings (SSSR count). The molecular weight excluding hydrogens is 244 g/mol. The second-order valence-corrected chi connectivity index (χ2v) is 5.99. The largest absolute Gasteiger partial charge is 0.468 e. The van der Waals surface area contributed by atoms with Gasteiger partial charge >= 0.3 is 0 Å². The maximum atomic E-state index is 5.97. The molecule has 1 aliphatic carbocycles. The van der Waals surface area contributed by atoms with E-state index >= 15 is 0 Å². The number of hydrogen-bond acceptors (Lipinski definition) is 4. The lowest BCUT2D eigenvalue weighted by Gasteiger charge is -2.30. The molecule has 0 radical (unpaired) electrons. The molecule has 1 unspecified atom stereocenters. The standard InChI is InChI=1S/C14H24N2OS/c1-18-9-3-4-13(10-15)16(12-6-7-12)11-14-5-2-8-17-14/h2,5,8,12-13H,3-4,6-7,9-11,15H2,1H3. The topological polar surface area (TPSA) is 42.4 Å². The summed E-state index contributed by atoms with van der Waals surface area (Å²) in [6, 6.07) is 5.27. The van der Waals surface area contributed by atoms with Crippen LogP contribution in [0.15, 0.2) is 22.8 Å². The Morgan fingerprint density at radius 1 is 1.56 bits per heavy atom. The summed E-state index contributed by atoms with van der Waals surface area (Å²) in [7, 11) is 0. The highest BCUT2D eigenvalue weighted by Crippen LogP contribution is 2.31. The highest BCUT2D eigenvalue weighted by atomic mass is 32.2. The van der Waals surface area contributed by atoms with Crippen molar-refractivity contribution in [3.8, 4) is 0 Å². The third kappa shape index (κ3) is 4.04. The van der Waals surface area contributed by atoms with Crippen molar-refractivity contribution in [3.05, 3.63) is 24.2 Å². The molecule has 102 valence electrons. The molecule has 1 aromatic heterocycles. The zero-order chi connectivity index (χ0) is 12.8. The van der Waals surface area contributed by atoms with Crippen molar-refractivity contribution in [2.75, 3.05) is 18.6 Å². The van der Waals surface area contributed by atoms with Crippen molar-refractivity contribution >= 4 is 11.8 Å². The van der Waals surface area contributed by atoms with Gasteiger partial charge in [0, 0.05) is 18.6 Å². The van der Waals surface area contributed by atoms with E-state index in [2.05, 4.69) is 17.2 Å². The summed E-state index contributed by atoms with van der Waals surface area (Å²) in [5.74, 6) is 2.29. The van der Waals surface area contributed by atoms with E-state index in [0.29, 0.717) is 6.04 Å². The van der Waals surface area contributed by atoms with Gasteiger partial charge in [0.05, 0.1) is 12.8 Å². The van der Waals surface area contributed by atoms with Crippen LogP contribution >= 0.6 is 11.8 Å². The minimum atomic E-state index is 0.509. The van der Waals surface area contributed by atoms with Crippen molar-refractivity contribution in [2.24, 2.45) is 5.73 Å². The van der Waals surface area contributed by atoms with Crippen molar-refractivity contribution in [3.63, 3.8) is 0 Å². The van der Waals surface area contributed by atoms with E-state index in [9.17, 15) is 0 Å². The van der Waals surface area contributed by atoms with Crippen LogP contribution in [-0.2, 0) is 6.54 Å². The number of furan rings is 1. The molecule has 4 heteroatoms. The minimum absolute atomic E-state index is 0.509. The summed E-state index contributed by atoms with van der Waals surface area (Å²) in [4.78, 5) is 2.55. The summed E-state index contributed by atoms with van der Waals surface area (Å²) in [6.07, 6.45) is 9.02. The lowest BCUT2D eigenvalue weighted by atomic mass is 10.1. The van der Waals surface area contributed by atoms with Crippen LogP contribution in [0.5, 0.6) is 0 Å². The molecule has 18 heavy (non-hydrogen) atoms. The Balaban J connectivity index is 1.89. The molecule has 0 amide bonds. The number of hydrogen-bond donors (Lipinski definition) is 1. The molecule has 3 nitrogen and oxygen atoms in total. The van der Waals surface area contributed by atoms with Crippen LogP contribution in [0.1, 0.15) is 31.4 Å². The molecule has 0 aliphatic heterocycles. The highest BCUT2D eigenvalue weighted by molar-refractivity contribution is 7.98. The second-order valence-electron chi connectivity index (χ2n) is 5.01. The van der Waals surface area contributed by atoms with Gasteiger partial charge in [-0.15, -0.1) is 0 Å². The molecule has 1 heterocycles. The Hall–Kier alpha value is -0.450. The first-order valence-electron chi connectivity index (χ1n) is 6.82. The van der Waals surface area contributed by atoms with E-state index in [1.54, 1.807) is 6.26 Å². The van der Waals surface area contributed by atoms with Gasteiger partial charge in [0.15, 0.2) is 0 Å². The Labute approximate surface area is 114 Å². The molecule has 0 aromatic carbocycles. The van der Waals surface area contributed by atoms with Crippen molar-refractivity contribution in [1.29, 1.82) is 0 Å². The molecule has 1 aromatic rings. The first-order chi connectivity index (χ1) is 8.85. The minimum Gasteiger partial charge on any atom is -0.468 e. The van der Waals surface area contributed by atoms with Gasteiger partial charge in [-0.25, -0.2) is 0 Å². The van der Waals surface area contributed by atoms with Crippen LogP contribution in [0.25, 0.3) is 0 Å². The number of nitrogens with zero attached hydrogens (tertiary/aromatic N) is 1. The van der Waals surface area contributed by atoms with Crippen LogP contribution in [-0.4, -0.2) is 35.5 Å². The summed E-state index contributed by atoms with van der Waals surface area (Å²) < 4.78 is 5.48. The van der Waals surface area contributed by atoms with Gasteiger partial charge in [0.25, 0.3) is 0 Å². The zero-order valence-corrected chi connectivity index (χ0v) is 12.0. The molecule has 1 saturated carbocycles. The van der Waals surface area contributed by atoms with E-state index in [4.69, 9.17) is 10.2 Å². The predicted octanol–water partition coefficient (Wildman–Crippen LogP) is 2.71. The van der Waals surface area contributed by atoms with Gasteiger partial charge in [0.2, 0.25) is 0 Å². The maximum absolute atomic E-state index is 5.97. The van der Waals surface area contributed by atoms with E-state index in [0.717, 1.165) is 24.9 Å². The van der Waals surface area contributed by atoms with E-state index < -0.39 is 0 Å². The lowest BCUT2D eigenvalue weighted by Crippen LogP contribution is -2.41. The SMILES string of the molecule is CSCCCC(CN)N(Cc1ccco1)C1CC1. The molecule has 0 spiro atoms. The van der Waals surface area contributed by atoms with Crippen LogP contribution < -0.4 is 5.73 Å². The average Bonchev–Trinajstić information content (AvgIpc) is 3.10. The Morgan fingerprint density at radius 2 is 2.39 bits per heavy atom. The molecule has 1 atom stereocenters. The van der Waals surface area contributed by atoms with Crippen LogP contribution in [0.2, 0.25) is 0 Å². The third-order valence-corrected chi connectivity index (χ3v) is 4.26. The highest BCUT2D eigenvalue weighted by Gasteiger charge is 2.33. The fourth-order valence-corrected chi connectivity index (χ4v) is 2.88. The Morgan fingerprint density at radius 3 is 2.94 bits per heavy atom. The normalized spacial score (nSPS) is 17.3. The van der Waals surface area contributed by atoms with Gasteiger partial charge in [-0.05, 0) is 49.8 Å². The quantitative estimate of drug-likeness (QED) is 0.699. The summed E-state index contributed by atoms with van der Waals surface area (Å²) in [5, 5.41) is 0. The molecule has 0 saturated heterocycles. The Bertz CT molecular complexity index is 325. The fraction of sp³-hybridized carbons (Fsp3) is 0.714. The van der Waals surface area contributed by atoms with E-state index in [-0.39, 0.29) is 0 Å². The molecule has 2 N–H and O–H groups in total. The van der Waals surface area contributed by atoms with E-state index in [1.165, 1.54) is 31.4 Å². The number of nitrogens with two attached hydrogens (primary N) is 1. The van der Waals surface area contributed by atoms with Gasteiger partial charge in [0.1, 0.15) is 5.76 Å². The monoisotopic (exact) mass is 268 g/mol.